The molecule has 1 aliphatic rings. The Kier molecular flexibility index (Phi) is 7.94. The lowest BCUT2D eigenvalue weighted by Crippen LogP contribution is -2.45. The monoisotopic (exact) mass is 441 g/mol. The number of carbonyl (C=O) groups is 2. The number of amides is 2. The fourth-order valence-corrected chi connectivity index (χ4v) is 4.18. The van der Waals surface area contributed by atoms with Gasteiger partial charge in [0.1, 0.15) is 16.7 Å². The molecule has 0 unspecified atom stereocenters. The van der Waals surface area contributed by atoms with Gasteiger partial charge in [-0.1, -0.05) is 24.8 Å². The first-order valence-corrected chi connectivity index (χ1v) is 11.2. The molecule has 1 fully saturated rings. The Bertz CT molecular complexity index is 946. The molecule has 8 heteroatoms. The lowest BCUT2D eigenvalue weighted by molar-refractivity contribution is -0.129. The third kappa shape index (κ3) is 6.01. The molecule has 0 aliphatic carbocycles. The van der Waals surface area contributed by atoms with Crippen molar-refractivity contribution in [2.45, 2.75) is 31.9 Å². The number of thioether (sulfide) groups is 1. The van der Waals surface area contributed by atoms with Gasteiger partial charge in [-0.2, -0.15) is 0 Å². The highest BCUT2D eigenvalue weighted by molar-refractivity contribution is 8.15. The summed E-state index contributed by atoms with van der Waals surface area (Å²) in [6.07, 6.45) is 1.05. The van der Waals surface area contributed by atoms with E-state index in [9.17, 15) is 9.59 Å². The molecule has 0 spiro atoms. The number of hydrogen-bond donors (Lipinski definition) is 1. The van der Waals surface area contributed by atoms with Gasteiger partial charge in [0.25, 0.3) is 0 Å². The summed E-state index contributed by atoms with van der Waals surface area (Å²) in [5, 5.41) is 2.84. The number of nitrogens with one attached hydrogen (secondary N) is 1. The molecule has 164 valence electrons. The van der Waals surface area contributed by atoms with Crippen LogP contribution < -0.4 is 14.8 Å². The van der Waals surface area contributed by atoms with Gasteiger partial charge >= 0.3 is 0 Å². The molecule has 7 nitrogen and oxygen atoms in total. The molecule has 31 heavy (non-hydrogen) atoms. The van der Waals surface area contributed by atoms with Crippen LogP contribution in [0.3, 0.4) is 0 Å². The zero-order valence-electron chi connectivity index (χ0n) is 18.0. The van der Waals surface area contributed by atoms with E-state index in [0.29, 0.717) is 35.4 Å². The number of amidine groups is 1. The van der Waals surface area contributed by atoms with Gasteiger partial charge in [0.05, 0.1) is 19.4 Å². The number of hydrogen-bond acceptors (Lipinski definition) is 6. The van der Waals surface area contributed by atoms with E-state index in [4.69, 9.17) is 9.47 Å². The number of rotatable bonds is 8. The van der Waals surface area contributed by atoms with E-state index >= 15 is 0 Å². The summed E-state index contributed by atoms with van der Waals surface area (Å²) >= 11 is 1.30. The second-order valence-corrected chi connectivity index (χ2v) is 8.08. The maximum atomic E-state index is 12.9. The third-order valence-electron chi connectivity index (χ3n) is 4.62. The van der Waals surface area contributed by atoms with E-state index in [1.807, 2.05) is 44.2 Å². The SMILES string of the molecule is CCCOc1ccc(NC(=O)[C@@H]2CC(=O)N(CC)C(=Nc3cccc(OC)c3)S2)cc1. The zero-order chi connectivity index (χ0) is 22.2. The van der Waals surface area contributed by atoms with Crippen molar-refractivity contribution in [3.05, 3.63) is 48.5 Å². The molecule has 0 saturated carbocycles. The third-order valence-corrected chi connectivity index (χ3v) is 5.81. The van der Waals surface area contributed by atoms with Crippen LogP contribution in [0.2, 0.25) is 0 Å². The maximum absolute atomic E-state index is 12.9. The van der Waals surface area contributed by atoms with Crippen molar-refractivity contribution >= 4 is 40.1 Å². The lowest BCUT2D eigenvalue weighted by atomic mass is 10.2. The summed E-state index contributed by atoms with van der Waals surface area (Å²) in [5.41, 5.74) is 1.32. The van der Waals surface area contributed by atoms with Gasteiger partial charge < -0.3 is 14.8 Å². The Labute approximate surface area is 186 Å². The highest BCUT2D eigenvalue weighted by atomic mass is 32.2. The Hall–Kier alpha value is -3.00. The van der Waals surface area contributed by atoms with Crippen LogP contribution >= 0.6 is 11.8 Å². The molecular weight excluding hydrogens is 414 g/mol. The van der Waals surface area contributed by atoms with Crippen LogP contribution in [-0.4, -0.2) is 47.4 Å². The van der Waals surface area contributed by atoms with Crippen LogP contribution in [0.4, 0.5) is 11.4 Å². The molecule has 0 aromatic heterocycles. The smallest absolute Gasteiger partial charge is 0.238 e. The van der Waals surface area contributed by atoms with Crippen LogP contribution in [0.1, 0.15) is 26.7 Å². The molecule has 0 radical (unpaired) electrons. The number of methoxy groups -OCH3 is 1. The van der Waals surface area contributed by atoms with Gasteiger partial charge in [0, 0.05) is 24.7 Å². The van der Waals surface area contributed by atoms with Crippen molar-refractivity contribution in [3.8, 4) is 11.5 Å². The molecule has 1 aliphatic heterocycles. The first-order chi connectivity index (χ1) is 15.0. The second kappa shape index (κ2) is 10.9. The van der Waals surface area contributed by atoms with Gasteiger partial charge in [0.15, 0.2) is 5.17 Å². The number of nitrogens with zero attached hydrogens (tertiary/aromatic N) is 2. The van der Waals surface area contributed by atoms with Gasteiger partial charge in [-0.25, -0.2) is 4.99 Å². The minimum absolute atomic E-state index is 0.119. The van der Waals surface area contributed by atoms with E-state index in [0.717, 1.165) is 12.2 Å². The van der Waals surface area contributed by atoms with E-state index in [1.165, 1.54) is 11.8 Å². The maximum Gasteiger partial charge on any atom is 0.238 e. The molecule has 3 rings (SSSR count). The van der Waals surface area contributed by atoms with Gasteiger partial charge in [-0.05, 0) is 49.7 Å². The predicted octanol–water partition coefficient (Wildman–Crippen LogP) is 4.46. The number of carbonyl (C=O) groups excluding carboxylic acids is 2. The summed E-state index contributed by atoms with van der Waals surface area (Å²) in [5.74, 6) is 1.09. The van der Waals surface area contributed by atoms with Gasteiger partial charge in [-0.15, -0.1) is 0 Å². The molecule has 1 atom stereocenters. The molecular formula is C23H27N3O4S. The number of anilines is 1. The lowest BCUT2D eigenvalue weighted by Gasteiger charge is -2.30. The quantitative estimate of drug-likeness (QED) is 0.654. The molecule has 0 bridgehead atoms. The first kappa shape index (κ1) is 22.7. The van der Waals surface area contributed by atoms with Gasteiger partial charge in [-0.3, -0.25) is 14.5 Å². The highest BCUT2D eigenvalue weighted by Crippen LogP contribution is 2.30. The molecule has 1 saturated heterocycles. The van der Waals surface area contributed by atoms with Crippen LogP contribution in [0.25, 0.3) is 0 Å². The zero-order valence-corrected chi connectivity index (χ0v) is 18.8. The fourth-order valence-electron chi connectivity index (χ4n) is 3.02. The van der Waals surface area contributed by atoms with Crippen molar-refractivity contribution in [3.63, 3.8) is 0 Å². The van der Waals surface area contributed by atoms with Crippen LogP contribution in [0, 0.1) is 0 Å². The van der Waals surface area contributed by atoms with Crippen LogP contribution in [0.15, 0.2) is 53.5 Å². The Morgan fingerprint density at radius 1 is 1.19 bits per heavy atom. The predicted molar refractivity (Wildman–Crippen MR) is 124 cm³/mol. The Balaban J connectivity index is 1.73. The Morgan fingerprint density at radius 3 is 2.65 bits per heavy atom. The van der Waals surface area contributed by atoms with E-state index in [1.54, 1.807) is 30.2 Å². The number of ether oxygens (including phenoxy) is 2. The number of benzene rings is 2. The van der Waals surface area contributed by atoms with E-state index in [-0.39, 0.29) is 18.2 Å². The normalized spacial score (nSPS) is 17.5. The van der Waals surface area contributed by atoms with Gasteiger partial charge in [0.2, 0.25) is 11.8 Å². The van der Waals surface area contributed by atoms with E-state index in [2.05, 4.69) is 10.3 Å². The summed E-state index contributed by atoms with van der Waals surface area (Å²) in [7, 11) is 1.59. The molecule has 2 amide bonds. The topological polar surface area (TPSA) is 80.2 Å². The minimum atomic E-state index is -0.560. The molecule has 1 heterocycles. The summed E-state index contributed by atoms with van der Waals surface area (Å²) in [4.78, 5) is 31.7. The average Bonchev–Trinajstić information content (AvgIpc) is 2.78. The minimum Gasteiger partial charge on any atom is -0.497 e. The molecule has 1 N–H and O–H groups in total. The van der Waals surface area contributed by atoms with Crippen molar-refractivity contribution in [2.75, 3.05) is 25.6 Å². The second-order valence-electron chi connectivity index (χ2n) is 6.91. The van der Waals surface area contributed by atoms with Crippen molar-refractivity contribution in [2.24, 2.45) is 4.99 Å². The van der Waals surface area contributed by atoms with Crippen LogP contribution in [-0.2, 0) is 9.59 Å². The summed E-state index contributed by atoms with van der Waals surface area (Å²) < 4.78 is 10.8. The molecule has 2 aromatic carbocycles. The number of aliphatic imine (C=N–C) groups is 1. The summed E-state index contributed by atoms with van der Waals surface area (Å²) in [6.45, 7) is 5.07. The van der Waals surface area contributed by atoms with E-state index < -0.39 is 5.25 Å². The van der Waals surface area contributed by atoms with Crippen molar-refractivity contribution < 1.29 is 19.1 Å². The van der Waals surface area contributed by atoms with Crippen molar-refractivity contribution in [1.82, 2.24) is 4.90 Å². The fraction of sp³-hybridized carbons (Fsp3) is 0.348. The van der Waals surface area contributed by atoms with Crippen molar-refractivity contribution in [1.29, 1.82) is 0 Å². The largest absolute Gasteiger partial charge is 0.497 e. The van der Waals surface area contributed by atoms with Crippen LogP contribution in [0.5, 0.6) is 11.5 Å². The summed E-state index contributed by atoms with van der Waals surface area (Å²) in [6, 6.07) is 14.5. The first-order valence-electron chi connectivity index (χ1n) is 10.3. The average molecular weight is 442 g/mol. The Morgan fingerprint density at radius 2 is 1.97 bits per heavy atom. The highest BCUT2D eigenvalue weighted by Gasteiger charge is 2.35. The molecule has 2 aromatic rings. The standard InChI is InChI=1S/C23H27N3O4S/c1-4-13-30-18-11-9-16(10-12-18)24-22(28)20-15-21(27)26(5-2)23(31-20)25-17-7-6-8-19(14-17)29-3/h6-12,14,20H,4-5,13,15H2,1-3H3,(H,24,28)/t20-/m0/s1.